The van der Waals surface area contributed by atoms with E-state index in [1.54, 1.807) is 40.7 Å². The molecule has 5 rings (SSSR count). The molecule has 12 heteroatoms. The first-order valence-corrected chi connectivity index (χ1v) is 12.3. The van der Waals surface area contributed by atoms with Crippen molar-refractivity contribution in [2.75, 3.05) is 17.2 Å². The standard InChI is InChI=1S/C24H22ClN7O3S/c1-31-12-14(10-18(31)22-29-17-4-2-6-26-21(17)30-22)27-23(34)19-11-15(13-32(19)7-3-8-33)28-24(35)20-16(25)5-9-36-20/h2,4-6,9-13,33H,3,7-8H2,1H3,(H,27,34)(H,28,35)(H,26,29,30). The number of nitrogens with one attached hydrogen (secondary N) is 3. The summed E-state index contributed by atoms with van der Waals surface area (Å²) in [6, 6.07) is 8.80. The molecule has 5 aromatic rings. The van der Waals surface area contributed by atoms with Crippen LogP contribution in [0.25, 0.3) is 22.7 Å². The largest absolute Gasteiger partial charge is 0.396 e. The third kappa shape index (κ3) is 4.76. The molecule has 0 saturated carbocycles. The molecule has 36 heavy (non-hydrogen) atoms. The number of anilines is 2. The van der Waals surface area contributed by atoms with E-state index in [1.807, 2.05) is 29.8 Å². The lowest BCUT2D eigenvalue weighted by atomic mass is 10.3. The number of aromatic nitrogens is 5. The number of halogens is 1. The molecule has 0 aliphatic carbocycles. The molecule has 10 nitrogen and oxygen atoms in total. The summed E-state index contributed by atoms with van der Waals surface area (Å²) in [5, 5.41) is 17.1. The monoisotopic (exact) mass is 523 g/mol. The van der Waals surface area contributed by atoms with E-state index in [0.29, 0.717) is 51.4 Å². The van der Waals surface area contributed by atoms with E-state index in [0.717, 1.165) is 11.2 Å². The van der Waals surface area contributed by atoms with Crippen molar-refractivity contribution in [2.24, 2.45) is 7.05 Å². The van der Waals surface area contributed by atoms with Crippen molar-refractivity contribution in [3.8, 4) is 11.5 Å². The predicted octanol–water partition coefficient (Wildman–Crippen LogP) is 4.37. The van der Waals surface area contributed by atoms with E-state index in [2.05, 4.69) is 25.6 Å². The molecule has 0 aliphatic rings. The van der Waals surface area contributed by atoms with Crippen LogP contribution in [0, 0.1) is 0 Å². The molecule has 5 heterocycles. The van der Waals surface area contributed by atoms with Crippen LogP contribution in [0.15, 0.2) is 54.3 Å². The number of imidazole rings is 1. The number of amides is 2. The van der Waals surface area contributed by atoms with Crippen LogP contribution in [0.4, 0.5) is 11.4 Å². The molecule has 2 amide bonds. The zero-order valence-corrected chi connectivity index (χ0v) is 20.7. The van der Waals surface area contributed by atoms with E-state index in [9.17, 15) is 14.7 Å². The molecular weight excluding hydrogens is 502 g/mol. The lowest BCUT2D eigenvalue weighted by Crippen LogP contribution is -2.17. The molecule has 0 radical (unpaired) electrons. The Morgan fingerprint density at radius 3 is 2.72 bits per heavy atom. The number of aromatic amines is 1. The first-order chi connectivity index (χ1) is 17.4. The molecule has 0 atom stereocenters. The number of nitrogens with zero attached hydrogens (tertiary/aromatic N) is 4. The summed E-state index contributed by atoms with van der Waals surface area (Å²) < 4.78 is 3.56. The van der Waals surface area contributed by atoms with Gasteiger partial charge in [-0.15, -0.1) is 11.3 Å². The Labute approximate surface area is 214 Å². The number of fused-ring (bicyclic) bond motifs is 1. The van der Waals surface area contributed by atoms with Crippen LogP contribution in [0.2, 0.25) is 5.02 Å². The molecule has 0 aliphatic heterocycles. The maximum Gasteiger partial charge on any atom is 0.272 e. The summed E-state index contributed by atoms with van der Waals surface area (Å²) in [5.74, 6) is -0.0736. The molecule has 0 unspecified atom stereocenters. The van der Waals surface area contributed by atoms with Crippen LogP contribution in [-0.4, -0.2) is 47.6 Å². The zero-order valence-electron chi connectivity index (χ0n) is 19.2. The minimum atomic E-state index is -0.356. The van der Waals surface area contributed by atoms with Gasteiger partial charge in [-0.1, -0.05) is 11.6 Å². The van der Waals surface area contributed by atoms with Crippen LogP contribution in [0.3, 0.4) is 0 Å². The second kappa shape index (κ2) is 9.97. The van der Waals surface area contributed by atoms with Crippen molar-refractivity contribution in [3.63, 3.8) is 0 Å². The van der Waals surface area contributed by atoms with E-state index in [4.69, 9.17) is 11.6 Å². The molecule has 5 aromatic heterocycles. The second-order valence-corrected chi connectivity index (χ2v) is 9.40. The van der Waals surface area contributed by atoms with Gasteiger partial charge in [0.2, 0.25) is 0 Å². The van der Waals surface area contributed by atoms with Gasteiger partial charge in [-0.2, -0.15) is 0 Å². The van der Waals surface area contributed by atoms with Gasteiger partial charge in [0.1, 0.15) is 10.6 Å². The van der Waals surface area contributed by atoms with Gasteiger partial charge in [-0.25, -0.2) is 9.97 Å². The third-order valence-corrected chi connectivity index (χ3v) is 6.87. The van der Waals surface area contributed by atoms with Crippen molar-refractivity contribution < 1.29 is 14.7 Å². The average molecular weight is 524 g/mol. The number of aryl methyl sites for hydroxylation is 2. The summed E-state index contributed by atoms with van der Waals surface area (Å²) >= 11 is 7.30. The molecule has 0 fully saturated rings. The Hall–Kier alpha value is -3.93. The van der Waals surface area contributed by atoms with Crippen LogP contribution in [0.5, 0.6) is 0 Å². The number of rotatable bonds is 8. The van der Waals surface area contributed by atoms with Crippen molar-refractivity contribution >= 4 is 57.3 Å². The zero-order chi connectivity index (χ0) is 25.2. The number of carbonyl (C=O) groups excluding carboxylic acids is 2. The molecular formula is C24H22ClN7O3S. The fourth-order valence-corrected chi connectivity index (χ4v) is 4.90. The molecule has 0 spiro atoms. The van der Waals surface area contributed by atoms with Crippen LogP contribution >= 0.6 is 22.9 Å². The van der Waals surface area contributed by atoms with Gasteiger partial charge in [-0.05, 0) is 42.1 Å². The van der Waals surface area contributed by atoms with Gasteiger partial charge in [0.15, 0.2) is 11.5 Å². The number of thiophene rings is 1. The van der Waals surface area contributed by atoms with E-state index < -0.39 is 0 Å². The van der Waals surface area contributed by atoms with Gasteiger partial charge in [0.25, 0.3) is 11.8 Å². The second-order valence-electron chi connectivity index (χ2n) is 8.08. The summed E-state index contributed by atoms with van der Waals surface area (Å²) in [4.78, 5) is 38.2. The van der Waals surface area contributed by atoms with Gasteiger partial charge < -0.3 is 29.9 Å². The van der Waals surface area contributed by atoms with Crippen molar-refractivity contribution in [3.05, 3.63) is 69.9 Å². The highest BCUT2D eigenvalue weighted by atomic mass is 35.5. The van der Waals surface area contributed by atoms with E-state index in [1.165, 1.54) is 11.3 Å². The highest BCUT2D eigenvalue weighted by molar-refractivity contribution is 7.12. The van der Waals surface area contributed by atoms with Crippen LogP contribution in [0.1, 0.15) is 26.6 Å². The Morgan fingerprint density at radius 1 is 1.17 bits per heavy atom. The lowest BCUT2D eigenvalue weighted by Gasteiger charge is -2.08. The summed E-state index contributed by atoms with van der Waals surface area (Å²) in [5.41, 5.74) is 3.58. The Morgan fingerprint density at radius 2 is 1.97 bits per heavy atom. The quantitative estimate of drug-likeness (QED) is 0.240. The highest BCUT2D eigenvalue weighted by Crippen LogP contribution is 2.26. The molecule has 0 bridgehead atoms. The number of hydrogen-bond donors (Lipinski definition) is 4. The first-order valence-electron chi connectivity index (χ1n) is 11.1. The van der Waals surface area contributed by atoms with Crippen LogP contribution < -0.4 is 10.6 Å². The molecule has 4 N–H and O–H groups in total. The maximum atomic E-state index is 13.2. The number of H-pyrrole nitrogens is 1. The maximum absolute atomic E-state index is 13.2. The summed E-state index contributed by atoms with van der Waals surface area (Å²) in [6.07, 6.45) is 5.59. The number of hydrogen-bond acceptors (Lipinski definition) is 6. The Bertz CT molecular complexity index is 1530. The number of pyridine rings is 1. The molecule has 0 aromatic carbocycles. The van der Waals surface area contributed by atoms with E-state index in [-0.39, 0.29) is 18.4 Å². The topological polar surface area (TPSA) is 130 Å². The van der Waals surface area contributed by atoms with E-state index >= 15 is 0 Å². The Kier molecular flexibility index (Phi) is 6.59. The number of aliphatic hydroxyl groups excluding tert-OH is 1. The normalized spacial score (nSPS) is 11.2. The Balaban J connectivity index is 1.37. The third-order valence-electron chi connectivity index (χ3n) is 5.53. The van der Waals surface area contributed by atoms with Gasteiger partial charge in [0.05, 0.1) is 27.6 Å². The lowest BCUT2D eigenvalue weighted by molar-refractivity contribution is 0.101. The van der Waals surface area contributed by atoms with Gasteiger partial charge in [-0.3, -0.25) is 9.59 Å². The van der Waals surface area contributed by atoms with Crippen molar-refractivity contribution in [1.82, 2.24) is 24.1 Å². The number of carbonyl (C=O) groups is 2. The fourth-order valence-electron chi connectivity index (χ4n) is 3.87. The first kappa shape index (κ1) is 23.8. The minimum Gasteiger partial charge on any atom is -0.396 e. The van der Waals surface area contributed by atoms with Gasteiger partial charge >= 0.3 is 0 Å². The highest BCUT2D eigenvalue weighted by Gasteiger charge is 2.19. The number of aliphatic hydroxyl groups is 1. The van der Waals surface area contributed by atoms with Crippen molar-refractivity contribution in [1.29, 1.82) is 0 Å². The molecule has 0 saturated heterocycles. The smallest absolute Gasteiger partial charge is 0.272 e. The van der Waals surface area contributed by atoms with Gasteiger partial charge in [0, 0.05) is 38.8 Å². The fraction of sp³-hybridized carbons (Fsp3) is 0.167. The molecule has 184 valence electrons. The summed E-state index contributed by atoms with van der Waals surface area (Å²) in [7, 11) is 1.86. The predicted molar refractivity (Wildman–Crippen MR) is 140 cm³/mol. The summed E-state index contributed by atoms with van der Waals surface area (Å²) in [6.45, 7) is 0.376. The minimum absolute atomic E-state index is 0.0276. The van der Waals surface area contributed by atoms with Crippen LogP contribution in [-0.2, 0) is 13.6 Å². The average Bonchev–Trinajstić information content (AvgIpc) is 3.63. The van der Waals surface area contributed by atoms with Crippen molar-refractivity contribution in [2.45, 2.75) is 13.0 Å². The SMILES string of the molecule is Cn1cc(NC(=O)c2cc(NC(=O)c3sccc3Cl)cn2CCCO)cc1-c1nc2ncccc2[nH]1.